The summed E-state index contributed by atoms with van der Waals surface area (Å²) in [5.41, 5.74) is 0.467. The second-order valence-corrected chi connectivity index (χ2v) is 8.10. The number of pyridine rings is 1. The maximum Gasteiger partial charge on any atom is 0.268 e. The van der Waals surface area contributed by atoms with Crippen LogP contribution < -0.4 is 4.72 Å². The minimum absolute atomic E-state index is 0.227. The normalized spacial score (nSPS) is 12.2. The van der Waals surface area contributed by atoms with Gasteiger partial charge in [-0.15, -0.1) is 0 Å². The average molecular weight is 336 g/mol. The number of nitrogens with zero attached hydrogens (tertiary/aromatic N) is 1. The number of carbonyl (C=O) groups excluding carboxylic acids is 1. The van der Waals surface area contributed by atoms with Gasteiger partial charge in [0.05, 0.1) is 11.3 Å². The Kier molecular flexibility index (Phi) is 4.61. The van der Waals surface area contributed by atoms with Gasteiger partial charge < -0.3 is 4.42 Å². The highest BCUT2D eigenvalue weighted by Crippen LogP contribution is 2.27. The third-order valence-corrected chi connectivity index (χ3v) is 4.44. The fourth-order valence-corrected chi connectivity index (χ4v) is 3.09. The van der Waals surface area contributed by atoms with Crippen molar-refractivity contribution in [1.82, 2.24) is 9.71 Å². The van der Waals surface area contributed by atoms with Crippen molar-refractivity contribution in [1.29, 1.82) is 0 Å². The number of furan rings is 1. The van der Waals surface area contributed by atoms with Crippen molar-refractivity contribution < 1.29 is 17.6 Å². The fourth-order valence-electron chi connectivity index (χ4n) is 2.01. The highest BCUT2D eigenvalue weighted by Gasteiger charge is 2.25. The standard InChI is InChI=1S/C16H20N2O4S/c1-11-13(8-14(22-11)16(2,3)4)15(19)18-23(20,21)10-12-6-5-7-17-9-12/h5-9H,10H2,1-4H3,(H,18,19). The molecule has 2 rings (SSSR count). The first-order valence-corrected chi connectivity index (χ1v) is 8.78. The van der Waals surface area contributed by atoms with Crippen LogP contribution in [0.5, 0.6) is 0 Å². The smallest absolute Gasteiger partial charge is 0.268 e. The second-order valence-electron chi connectivity index (χ2n) is 6.38. The van der Waals surface area contributed by atoms with Crippen LogP contribution in [-0.4, -0.2) is 19.3 Å². The van der Waals surface area contributed by atoms with Crippen LogP contribution >= 0.6 is 0 Å². The van der Waals surface area contributed by atoms with Crippen LogP contribution in [0.4, 0.5) is 0 Å². The Morgan fingerprint density at radius 1 is 1.35 bits per heavy atom. The van der Waals surface area contributed by atoms with E-state index in [0.717, 1.165) is 0 Å². The van der Waals surface area contributed by atoms with E-state index in [2.05, 4.69) is 9.71 Å². The molecule has 1 N–H and O–H groups in total. The van der Waals surface area contributed by atoms with Crippen LogP contribution in [0.25, 0.3) is 0 Å². The second kappa shape index (κ2) is 6.16. The van der Waals surface area contributed by atoms with Gasteiger partial charge in [0.1, 0.15) is 11.5 Å². The van der Waals surface area contributed by atoms with Crippen molar-refractivity contribution in [2.24, 2.45) is 0 Å². The lowest BCUT2D eigenvalue weighted by molar-refractivity contribution is 0.0980. The summed E-state index contributed by atoms with van der Waals surface area (Å²) in [6, 6.07) is 4.87. The van der Waals surface area contributed by atoms with Crippen molar-refractivity contribution in [2.75, 3.05) is 0 Å². The van der Waals surface area contributed by atoms with Crippen molar-refractivity contribution in [2.45, 2.75) is 38.9 Å². The molecule has 2 heterocycles. The highest BCUT2D eigenvalue weighted by atomic mass is 32.2. The summed E-state index contributed by atoms with van der Waals surface area (Å²) in [4.78, 5) is 16.1. The Morgan fingerprint density at radius 2 is 2.04 bits per heavy atom. The minimum Gasteiger partial charge on any atom is -0.465 e. The number of nitrogens with one attached hydrogen (secondary N) is 1. The third kappa shape index (κ3) is 4.41. The Hall–Kier alpha value is -2.15. The molecule has 2 aromatic heterocycles. The molecule has 0 aliphatic rings. The summed E-state index contributed by atoms with van der Waals surface area (Å²) >= 11 is 0. The van der Waals surface area contributed by atoms with Gasteiger partial charge in [0, 0.05) is 17.8 Å². The predicted octanol–water partition coefficient (Wildman–Crippen LogP) is 2.54. The first-order chi connectivity index (χ1) is 10.6. The van der Waals surface area contributed by atoms with Crippen LogP contribution in [0.3, 0.4) is 0 Å². The number of amides is 1. The summed E-state index contributed by atoms with van der Waals surface area (Å²) in [6.07, 6.45) is 3.00. The van der Waals surface area contributed by atoms with Gasteiger partial charge in [0.2, 0.25) is 10.0 Å². The lowest BCUT2D eigenvalue weighted by Gasteiger charge is -2.13. The largest absolute Gasteiger partial charge is 0.465 e. The monoisotopic (exact) mass is 336 g/mol. The van der Waals surface area contributed by atoms with E-state index in [-0.39, 0.29) is 16.7 Å². The van der Waals surface area contributed by atoms with E-state index in [1.54, 1.807) is 31.3 Å². The molecule has 6 nitrogen and oxygen atoms in total. The zero-order chi connectivity index (χ0) is 17.3. The van der Waals surface area contributed by atoms with E-state index in [0.29, 0.717) is 17.1 Å². The quantitative estimate of drug-likeness (QED) is 0.927. The summed E-state index contributed by atoms with van der Waals surface area (Å²) in [7, 11) is -3.81. The topological polar surface area (TPSA) is 89.3 Å². The molecule has 0 radical (unpaired) electrons. The molecule has 0 saturated carbocycles. The van der Waals surface area contributed by atoms with Crippen LogP contribution in [0.15, 0.2) is 35.0 Å². The minimum atomic E-state index is -3.81. The van der Waals surface area contributed by atoms with Crippen molar-refractivity contribution in [3.8, 4) is 0 Å². The Labute approximate surface area is 136 Å². The zero-order valence-corrected chi connectivity index (χ0v) is 14.4. The maximum atomic E-state index is 12.2. The zero-order valence-electron chi connectivity index (χ0n) is 13.6. The number of sulfonamides is 1. The molecule has 0 aliphatic heterocycles. The molecule has 1 amide bonds. The molecule has 23 heavy (non-hydrogen) atoms. The number of carbonyl (C=O) groups is 1. The number of hydrogen-bond donors (Lipinski definition) is 1. The number of hydrogen-bond acceptors (Lipinski definition) is 5. The van der Waals surface area contributed by atoms with E-state index in [1.165, 1.54) is 6.20 Å². The van der Waals surface area contributed by atoms with Gasteiger partial charge in [-0.05, 0) is 24.6 Å². The number of aromatic nitrogens is 1. The molecule has 0 atom stereocenters. The van der Waals surface area contributed by atoms with Gasteiger partial charge >= 0.3 is 0 Å². The summed E-state index contributed by atoms with van der Waals surface area (Å²) in [5.74, 6) is 0.0229. The summed E-state index contributed by atoms with van der Waals surface area (Å²) < 4.78 is 31.9. The van der Waals surface area contributed by atoms with Gasteiger partial charge in [-0.1, -0.05) is 26.8 Å². The van der Waals surface area contributed by atoms with E-state index in [9.17, 15) is 13.2 Å². The van der Waals surface area contributed by atoms with E-state index < -0.39 is 15.9 Å². The lowest BCUT2D eigenvalue weighted by atomic mass is 9.93. The Morgan fingerprint density at radius 3 is 2.57 bits per heavy atom. The van der Waals surface area contributed by atoms with Crippen LogP contribution in [0.1, 0.15) is 48.2 Å². The third-order valence-electron chi connectivity index (χ3n) is 3.23. The van der Waals surface area contributed by atoms with Crippen molar-refractivity contribution in [3.63, 3.8) is 0 Å². The molecule has 2 aromatic rings. The van der Waals surface area contributed by atoms with Crippen LogP contribution in [0.2, 0.25) is 0 Å². The Balaban J connectivity index is 2.17. The number of aryl methyl sites for hydroxylation is 1. The van der Waals surface area contributed by atoms with E-state index in [1.807, 2.05) is 20.8 Å². The first kappa shape index (κ1) is 17.2. The molecule has 0 saturated heterocycles. The highest BCUT2D eigenvalue weighted by molar-refractivity contribution is 7.89. The predicted molar refractivity (Wildman–Crippen MR) is 86.5 cm³/mol. The van der Waals surface area contributed by atoms with Gasteiger partial charge in [-0.25, -0.2) is 13.1 Å². The molecule has 0 spiro atoms. The van der Waals surface area contributed by atoms with Crippen molar-refractivity contribution >= 4 is 15.9 Å². The Bertz CT molecular complexity index is 802. The van der Waals surface area contributed by atoms with Gasteiger partial charge in [0.25, 0.3) is 5.91 Å². The van der Waals surface area contributed by atoms with Crippen molar-refractivity contribution in [3.05, 3.63) is 53.2 Å². The SMILES string of the molecule is Cc1oc(C(C)(C)C)cc1C(=O)NS(=O)(=O)Cc1cccnc1. The molecule has 0 bridgehead atoms. The van der Waals surface area contributed by atoms with Gasteiger partial charge in [-0.3, -0.25) is 9.78 Å². The first-order valence-electron chi connectivity index (χ1n) is 7.13. The summed E-state index contributed by atoms with van der Waals surface area (Å²) in [6.45, 7) is 7.49. The van der Waals surface area contributed by atoms with Crippen LogP contribution in [0, 0.1) is 6.92 Å². The van der Waals surface area contributed by atoms with E-state index >= 15 is 0 Å². The molecule has 0 aromatic carbocycles. The maximum absolute atomic E-state index is 12.2. The molecule has 0 unspecified atom stereocenters. The molecule has 7 heteroatoms. The van der Waals surface area contributed by atoms with Crippen LogP contribution in [-0.2, 0) is 21.2 Å². The average Bonchev–Trinajstić information content (AvgIpc) is 2.81. The lowest BCUT2D eigenvalue weighted by Crippen LogP contribution is -2.31. The molecule has 0 fully saturated rings. The molecule has 124 valence electrons. The number of rotatable bonds is 4. The molecular formula is C16H20N2O4S. The fraction of sp³-hybridized carbons (Fsp3) is 0.375. The molecule has 0 aliphatic carbocycles. The molecular weight excluding hydrogens is 316 g/mol. The van der Waals surface area contributed by atoms with E-state index in [4.69, 9.17) is 4.42 Å². The summed E-state index contributed by atoms with van der Waals surface area (Å²) in [5, 5.41) is 0. The van der Waals surface area contributed by atoms with Gasteiger partial charge in [-0.2, -0.15) is 0 Å². The van der Waals surface area contributed by atoms with Gasteiger partial charge in [0.15, 0.2) is 0 Å².